The Morgan fingerprint density at radius 1 is 1.04 bits per heavy atom. The summed E-state index contributed by atoms with van der Waals surface area (Å²) in [5.41, 5.74) is 0.580. The number of fused-ring (bicyclic) bond motifs is 1. The predicted molar refractivity (Wildman–Crippen MR) is 97.8 cm³/mol. The number of hydrogen-bond acceptors (Lipinski definition) is 8. The highest BCUT2D eigenvalue weighted by Crippen LogP contribution is 2.32. The maximum absolute atomic E-state index is 12.4. The van der Waals surface area contributed by atoms with Crippen LogP contribution < -0.4 is 18.9 Å². The number of rotatable bonds is 7. The van der Waals surface area contributed by atoms with Crippen molar-refractivity contribution in [1.82, 2.24) is 14.9 Å². The number of furan rings is 1. The van der Waals surface area contributed by atoms with E-state index in [-0.39, 0.29) is 23.9 Å². The van der Waals surface area contributed by atoms with E-state index in [9.17, 15) is 8.42 Å². The summed E-state index contributed by atoms with van der Waals surface area (Å²) in [7, 11) is -3.70. The van der Waals surface area contributed by atoms with Crippen LogP contribution in [0.1, 0.15) is 0 Å². The van der Waals surface area contributed by atoms with Gasteiger partial charge in [0, 0.05) is 18.7 Å². The molecule has 1 N–H and O–H groups in total. The standard InChI is InChI=1S/C18H17N3O6S/c22-28(23,13-3-5-16-17(12-13)26-11-10-25-16)19-7-9-27-18-6-4-14(20-21-18)15-2-1-8-24-15/h1-6,8,12,19H,7,9-11H2. The normalized spacial score (nSPS) is 13.3. The van der Waals surface area contributed by atoms with E-state index in [4.69, 9.17) is 18.6 Å². The van der Waals surface area contributed by atoms with Crippen molar-refractivity contribution in [3.63, 3.8) is 0 Å². The summed E-state index contributed by atoms with van der Waals surface area (Å²) >= 11 is 0. The lowest BCUT2D eigenvalue weighted by Gasteiger charge is -2.18. The van der Waals surface area contributed by atoms with Crippen LogP contribution in [0.2, 0.25) is 0 Å². The third kappa shape index (κ3) is 4.07. The lowest BCUT2D eigenvalue weighted by molar-refractivity contribution is 0.171. The highest BCUT2D eigenvalue weighted by Gasteiger charge is 2.19. The first-order valence-corrected chi connectivity index (χ1v) is 10.00. The molecule has 0 atom stereocenters. The topological polar surface area (TPSA) is 113 Å². The molecule has 4 rings (SSSR count). The summed E-state index contributed by atoms with van der Waals surface area (Å²) in [6.07, 6.45) is 1.55. The van der Waals surface area contributed by atoms with Gasteiger partial charge in [-0.05, 0) is 30.3 Å². The first-order valence-electron chi connectivity index (χ1n) is 8.51. The molecule has 0 saturated heterocycles. The van der Waals surface area contributed by atoms with Crippen LogP contribution >= 0.6 is 0 Å². The monoisotopic (exact) mass is 403 g/mol. The Morgan fingerprint density at radius 3 is 2.64 bits per heavy atom. The lowest BCUT2D eigenvalue weighted by atomic mass is 10.3. The molecule has 3 heterocycles. The van der Waals surface area contributed by atoms with Gasteiger partial charge in [0.05, 0.1) is 11.2 Å². The molecule has 0 bridgehead atoms. The molecule has 28 heavy (non-hydrogen) atoms. The molecule has 2 aromatic heterocycles. The molecule has 9 nitrogen and oxygen atoms in total. The largest absolute Gasteiger partial charge is 0.486 e. The SMILES string of the molecule is O=S(=O)(NCCOc1ccc(-c2ccco2)nn1)c1ccc2c(c1)OCCO2. The molecule has 0 unspecified atom stereocenters. The van der Waals surface area contributed by atoms with Gasteiger partial charge in [-0.1, -0.05) is 0 Å². The molecule has 1 aliphatic rings. The second kappa shape index (κ2) is 7.87. The summed E-state index contributed by atoms with van der Waals surface area (Å²) in [6, 6.07) is 11.4. The van der Waals surface area contributed by atoms with Crippen molar-refractivity contribution in [1.29, 1.82) is 0 Å². The van der Waals surface area contributed by atoms with Crippen LogP contribution in [-0.2, 0) is 10.0 Å². The molecular formula is C18H17N3O6S. The van der Waals surface area contributed by atoms with E-state index in [1.165, 1.54) is 12.1 Å². The Bertz CT molecular complexity index is 1040. The van der Waals surface area contributed by atoms with E-state index in [1.807, 2.05) is 0 Å². The summed E-state index contributed by atoms with van der Waals surface area (Å²) in [5.74, 6) is 1.84. The average molecular weight is 403 g/mol. The average Bonchev–Trinajstić information content (AvgIpc) is 3.26. The van der Waals surface area contributed by atoms with E-state index in [0.717, 1.165) is 0 Å². The number of sulfonamides is 1. The highest BCUT2D eigenvalue weighted by atomic mass is 32.2. The summed E-state index contributed by atoms with van der Waals surface area (Å²) < 4.78 is 48.7. The second-order valence-corrected chi connectivity index (χ2v) is 7.55. The molecule has 0 aliphatic carbocycles. The Hall–Kier alpha value is -3.11. The molecule has 1 aliphatic heterocycles. The number of hydrogen-bond donors (Lipinski definition) is 1. The molecule has 0 spiro atoms. The zero-order valence-corrected chi connectivity index (χ0v) is 15.5. The first kappa shape index (κ1) is 18.3. The molecule has 1 aromatic carbocycles. The summed E-state index contributed by atoms with van der Waals surface area (Å²) in [4.78, 5) is 0.0966. The van der Waals surface area contributed by atoms with Crippen molar-refractivity contribution >= 4 is 10.0 Å². The van der Waals surface area contributed by atoms with Crippen LogP contribution in [-0.4, -0.2) is 45.0 Å². The van der Waals surface area contributed by atoms with Gasteiger partial charge in [-0.25, -0.2) is 13.1 Å². The number of benzene rings is 1. The quantitative estimate of drug-likeness (QED) is 0.595. The van der Waals surface area contributed by atoms with Gasteiger partial charge in [-0.15, -0.1) is 10.2 Å². The van der Waals surface area contributed by atoms with E-state index < -0.39 is 10.0 Å². The van der Waals surface area contributed by atoms with Crippen molar-refractivity contribution in [3.05, 3.63) is 48.7 Å². The van der Waals surface area contributed by atoms with Crippen LogP contribution in [0.4, 0.5) is 0 Å². The van der Waals surface area contributed by atoms with Gasteiger partial charge in [0.1, 0.15) is 25.5 Å². The van der Waals surface area contributed by atoms with Gasteiger partial charge in [0.2, 0.25) is 15.9 Å². The number of nitrogens with one attached hydrogen (secondary N) is 1. The van der Waals surface area contributed by atoms with Crippen molar-refractivity contribution in [2.24, 2.45) is 0 Å². The molecule has 0 amide bonds. The molecule has 146 valence electrons. The van der Waals surface area contributed by atoms with Crippen molar-refractivity contribution in [2.75, 3.05) is 26.4 Å². The van der Waals surface area contributed by atoms with Crippen LogP contribution in [0.25, 0.3) is 11.5 Å². The zero-order valence-electron chi connectivity index (χ0n) is 14.7. The summed E-state index contributed by atoms with van der Waals surface area (Å²) in [5, 5.41) is 7.94. The molecule has 0 saturated carbocycles. The van der Waals surface area contributed by atoms with E-state index in [1.54, 1.807) is 36.6 Å². The highest BCUT2D eigenvalue weighted by molar-refractivity contribution is 7.89. The minimum atomic E-state index is -3.70. The zero-order chi connectivity index (χ0) is 19.4. The van der Waals surface area contributed by atoms with Gasteiger partial charge in [0.15, 0.2) is 17.3 Å². The minimum Gasteiger partial charge on any atom is -0.486 e. The van der Waals surface area contributed by atoms with Crippen molar-refractivity contribution < 1.29 is 27.0 Å². The van der Waals surface area contributed by atoms with Gasteiger partial charge in [-0.2, -0.15) is 0 Å². The van der Waals surface area contributed by atoms with Crippen LogP contribution in [0.15, 0.2) is 58.0 Å². The first-order chi connectivity index (χ1) is 13.6. The number of aromatic nitrogens is 2. The van der Waals surface area contributed by atoms with Crippen molar-refractivity contribution in [2.45, 2.75) is 4.90 Å². The fraction of sp³-hybridized carbons (Fsp3) is 0.222. The van der Waals surface area contributed by atoms with Crippen molar-refractivity contribution in [3.8, 4) is 28.8 Å². The summed E-state index contributed by atoms with van der Waals surface area (Å²) in [6.45, 7) is 0.995. The Labute approximate surface area is 161 Å². The number of ether oxygens (including phenoxy) is 3. The van der Waals surface area contributed by atoms with E-state index in [0.29, 0.717) is 36.2 Å². The van der Waals surface area contributed by atoms with Gasteiger partial charge >= 0.3 is 0 Å². The minimum absolute atomic E-state index is 0.0678. The molecular weight excluding hydrogens is 386 g/mol. The van der Waals surface area contributed by atoms with Gasteiger partial charge < -0.3 is 18.6 Å². The van der Waals surface area contributed by atoms with Crippen LogP contribution in [0.5, 0.6) is 17.4 Å². The smallest absolute Gasteiger partial charge is 0.240 e. The Morgan fingerprint density at radius 2 is 1.89 bits per heavy atom. The van der Waals surface area contributed by atoms with Crippen LogP contribution in [0.3, 0.4) is 0 Å². The Kier molecular flexibility index (Phi) is 5.13. The van der Waals surface area contributed by atoms with E-state index >= 15 is 0 Å². The maximum atomic E-state index is 12.4. The third-order valence-electron chi connectivity index (χ3n) is 3.88. The molecule has 3 aromatic rings. The fourth-order valence-corrected chi connectivity index (χ4v) is 3.59. The predicted octanol–water partition coefficient (Wildman–Crippen LogP) is 1.87. The maximum Gasteiger partial charge on any atom is 0.240 e. The van der Waals surface area contributed by atoms with Crippen LogP contribution in [0, 0.1) is 0 Å². The fourth-order valence-electron chi connectivity index (χ4n) is 2.56. The second-order valence-electron chi connectivity index (χ2n) is 5.79. The Balaban J connectivity index is 1.31. The lowest BCUT2D eigenvalue weighted by Crippen LogP contribution is -2.28. The van der Waals surface area contributed by atoms with Gasteiger partial charge in [0.25, 0.3) is 0 Å². The van der Waals surface area contributed by atoms with E-state index in [2.05, 4.69) is 14.9 Å². The van der Waals surface area contributed by atoms with Gasteiger partial charge in [-0.3, -0.25) is 0 Å². The molecule has 0 radical (unpaired) electrons. The number of nitrogens with zero attached hydrogens (tertiary/aromatic N) is 2. The third-order valence-corrected chi connectivity index (χ3v) is 5.34. The molecule has 0 fully saturated rings. The molecule has 10 heteroatoms.